The Morgan fingerprint density at radius 1 is 0.780 bits per heavy atom. The average molecular weight is 557 g/mol. The standard InChI is InChI=1S/C36H48N2O3/c1-21-27(15-17-35(3)29(21)13-9-23-7-11-25(38(5)6)19-31(23)35)33(40)37-34(41)28-16-18-36(4)30(22(28)2)14-10-24-8-12-26(39)20-32(24)36/h7-8,11-12,19-22,27-30,39H,9-10,13-18H2,1-6H3,(H,37,40,41)/t21-,22-,27+,28+,29+,30+,35+,36+/m1/s1. The number of imide groups is 1. The topological polar surface area (TPSA) is 69.6 Å². The summed E-state index contributed by atoms with van der Waals surface area (Å²) in [6.07, 6.45) is 7.65. The molecule has 5 heteroatoms. The van der Waals surface area contributed by atoms with E-state index in [9.17, 15) is 14.7 Å². The number of benzene rings is 2. The lowest BCUT2D eigenvalue weighted by molar-refractivity contribution is -0.140. The summed E-state index contributed by atoms with van der Waals surface area (Å²) in [4.78, 5) is 29.6. The molecule has 0 radical (unpaired) electrons. The van der Waals surface area contributed by atoms with Gasteiger partial charge >= 0.3 is 0 Å². The maximum absolute atomic E-state index is 13.7. The highest BCUT2D eigenvalue weighted by Gasteiger charge is 2.52. The molecule has 2 aromatic carbocycles. The number of nitrogens with one attached hydrogen (secondary N) is 1. The zero-order valence-electron chi connectivity index (χ0n) is 25.8. The molecule has 2 saturated carbocycles. The van der Waals surface area contributed by atoms with Crippen molar-refractivity contribution in [2.75, 3.05) is 19.0 Å². The van der Waals surface area contributed by atoms with Gasteiger partial charge in [0.15, 0.2) is 0 Å². The van der Waals surface area contributed by atoms with Crippen LogP contribution in [-0.4, -0.2) is 31.0 Å². The zero-order chi connectivity index (χ0) is 29.3. The third kappa shape index (κ3) is 4.49. The van der Waals surface area contributed by atoms with E-state index in [-0.39, 0.29) is 46.3 Å². The fraction of sp³-hybridized carbons (Fsp3) is 0.611. The van der Waals surface area contributed by atoms with E-state index >= 15 is 0 Å². The second-order valence-electron chi connectivity index (χ2n) is 14.6. The summed E-state index contributed by atoms with van der Waals surface area (Å²) in [6.45, 7) is 9.19. The molecule has 220 valence electrons. The number of amides is 2. The van der Waals surface area contributed by atoms with Gasteiger partial charge in [0.2, 0.25) is 11.8 Å². The maximum atomic E-state index is 13.7. The van der Waals surface area contributed by atoms with Crippen LogP contribution in [0.2, 0.25) is 0 Å². The largest absolute Gasteiger partial charge is 0.508 e. The maximum Gasteiger partial charge on any atom is 0.229 e. The number of carbonyl (C=O) groups is 2. The second-order valence-corrected chi connectivity index (χ2v) is 14.6. The van der Waals surface area contributed by atoms with Gasteiger partial charge in [-0.3, -0.25) is 14.9 Å². The Balaban J connectivity index is 1.15. The first-order valence-corrected chi connectivity index (χ1v) is 15.9. The molecule has 2 fully saturated rings. The predicted octanol–water partition coefficient (Wildman–Crippen LogP) is 6.53. The Bertz CT molecular complexity index is 1370. The van der Waals surface area contributed by atoms with Crippen LogP contribution in [0.3, 0.4) is 0 Å². The van der Waals surface area contributed by atoms with Crippen LogP contribution in [-0.2, 0) is 33.3 Å². The first kappa shape index (κ1) is 28.3. The average Bonchev–Trinajstić information content (AvgIpc) is 2.93. The molecule has 2 N–H and O–H groups in total. The lowest BCUT2D eigenvalue weighted by Gasteiger charge is -2.52. The second kappa shape index (κ2) is 10.2. The van der Waals surface area contributed by atoms with Gasteiger partial charge in [-0.1, -0.05) is 39.8 Å². The van der Waals surface area contributed by atoms with E-state index in [0.717, 1.165) is 51.4 Å². The Hall–Kier alpha value is -2.82. The molecule has 41 heavy (non-hydrogen) atoms. The summed E-state index contributed by atoms with van der Waals surface area (Å²) < 4.78 is 0. The van der Waals surface area contributed by atoms with Crippen LogP contribution in [0, 0.1) is 35.5 Å². The van der Waals surface area contributed by atoms with Crippen LogP contribution in [0.4, 0.5) is 5.69 Å². The van der Waals surface area contributed by atoms with Gasteiger partial charge in [0.25, 0.3) is 0 Å². The summed E-state index contributed by atoms with van der Waals surface area (Å²) in [6, 6.07) is 12.7. The number of phenols is 1. The van der Waals surface area contributed by atoms with Crippen molar-refractivity contribution in [1.82, 2.24) is 5.32 Å². The highest BCUT2D eigenvalue weighted by molar-refractivity contribution is 5.97. The first-order valence-electron chi connectivity index (χ1n) is 15.9. The molecule has 5 nitrogen and oxygen atoms in total. The van der Waals surface area contributed by atoms with Crippen LogP contribution >= 0.6 is 0 Å². The highest BCUT2D eigenvalue weighted by atomic mass is 16.3. The van der Waals surface area contributed by atoms with Gasteiger partial charge in [-0.25, -0.2) is 0 Å². The molecule has 8 atom stereocenters. The number of hydrogen-bond acceptors (Lipinski definition) is 4. The molecule has 2 amide bonds. The van der Waals surface area contributed by atoms with E-state index in [1.807, 2.05) is 6.07 Å². The van der Waals surface area contributed by atoms with Gasteiger partial charge in [-0.15, -0.1) is 0 Å². The Morgan fingerprint density at radius 3 is 1.78 bits per heavy atom. The number of hydrogen-bond donors (Lipinski definition) is 2. The lowest BCUT2D eigenvalue weighted by atomic mass is 9.52. The molecule has 4 aliphatic carbocycles. The smallest absolute Gasteiger partial charge is 0.229 e. The monoisotopic (exact) mass is 556 g/mol. The fourth-order valence-electron chi connectivity index (χ4n) is 9.94. The van der Waals surface area contributed by atoms with E-state index in [2.05, 4.69) is 76.3 Å². The number of phenolic OH excluding ortho intramolecular Hbond substituents is 1. The molecule has 6 rings (SSSR count). The van der Waals surface area contributed by atoms with Crippen LogP contribution in [0.5, 0.6) is 5.75 Å². The van der Waals surface area contributed by atoms with Crippen LogP contribution in [0.1, 0.15) is 88.5 Å². The number of fused-ring (bicyclic) bond motifs is 6. The summed E-state index contributed by atoms with van der Waals surface area (Å²) in [5, 5.41) is 13.2. The highest BCUT2D eigenvalue weighted by Crippen LogP contribution is 2.56. The molecule has 0 unspecified atom stereocenters. The van der Waals surface area contributed by atoms with Crippen molar-refractivity contribution in [2.45, 2.75) is 89.9 Å². The van der Waals surface area contributed by atoms with E-state index in [1.54, 1.807) is 6.07 Å². The molecule has 0 heterocycles. The Labute approximate surface area is 246 Å². The predicted molar refractivity (Wildman–Crippen MR) is 164 cm³/mol. The van der Waals surface area contributed by atoms with Crippen molar-refractivity contribution in [3.63, 3.8) is 0 Å². The SMILES string of the molecule is C[C@@H]1[C@@H](C(=O)NC(=O)[C@H]2CC[C@]3(C)c4cc(N(C)C)ccc4CC[C@H]3[C@@H]2C)CC[C@]2(C)c3cc(O)ccc3CC[C@@H]12. The quantitative estimate of drug-likeness (QED) is 0.422. The molecule has 0 aromatic heterocycles. The van der Waals surface area contributed by atoms with Crippen molar-refractivity contribution in [3.8, 4) is 5.75 Å². The Kier molecular flexibility index (Phi) is 7.02. The molecular weight excluding hydrogens is 508 g/mol. The molecular formula is C36H48N2O3. The van der Waals surface area contributed by atoms with E-state index < -0.39 is 0 Å². The van der Waals surface area contributed by atoms with Gasteiger partial charge in [0.1, 0.15) is 5.75 Å². The summed E-state index contributed by atoms with van der Waals surface area (Å²) >= 11 is 0. The first-order chi connectivity index (χ1) is 19.4. The fourth-order valence-corrected chi connectivity index (χ4v) is 9.94. The van der Waals surface area contributed by atoms with Crippen LogP contribution < -0.4 is 10.2 Å². The molecule has 0 aliphatic heterocycles. The van der Waals surface area contributed by atoms with Crippen LogP contribution in [0.15, 0.2) is 36.4 Å². The number of rotatable bonds is 3. The minimum Gasteiger partial charge on any atom is -0.508 e. The number of aryl methyl sites for hydroxylation is 2. The van der Waals surface area contributed by atoms with E-state index in [1.165, 1.54) is 27.9 Å². The number of nitrogens with zero attached hydrogens (tertiary/aromatic N) is 1. The summed E-state index contributed by atoms with van der Waals surface area (Å²) in [7, 11) is 4.19. The van der Waals surface area contributed by atoms with Gasteiger partial charge in [0, 0.05) is 31.6 Å². The lowest BCUT2D eigenvalue weighted by Crippen LogP contribution is -2.53. The zero-order valence-corrected chi connectivity index (χ0v) is 25.8. The minimum absolute atomic E-state index is 0.0431. The number of aromatic hydroxyl groups is 1. The van der Waals surface area contributed by atoms with Gasteiger partial charge in [-0.05, 0) is 132 Å². The molecule has 4 aliphatic rings. The minimum atomic E-state index is -0.147. The van der Waals surface area contributed by atoms with Crippen molar-refractivity contribution >= 4 is 17.5 Å². The van der Waals surface area contributed by atoms with E-state index in [0.29, 0.717) is 17.6 Å². The molecule has 0 bridgehead atoms. The molecule has 0 spiro atoms. The molecule has 0 saturated heterocycles. The summed E-state index contributed by atoms with van der Waals surface area (Å²) in [5.41, 5.74) is 6.75. The van der Waals surface area contributed by atoms with Crippen molar-refractivity contribution < 1.29 is 14.7 Å². The normalized spacial score (nSPS) is 35.8. The van der Waals surface area contributed by atoms with Gasteiger partial charge in [-0.2, -0.15) is 0 Å². The van der Waals surface area contributed by atoms with Crippen LogP contribution in [0.25, 0.3) is 0 Å². The van der Waals surface area contributed by atoms with Crippen molar-refractivity contribution in [2.24, 2.45) is 35.5 Å². The summed E-state index contributed by atoms with van der Waals surface area (Å²) in [5.74, 6) is 1.13. The van der Waals surface area contributed by atoms with Crippen molar-refractivity contribution in [1.29, 1.82) is 0 Å². The Morgan fingerprint density at radius 2 is 1.27 bits per heavy atom. The number of anilines is 1. The van der Waals surface area contributed by atoms with Gasteiger partial charge < -0.3 is 10.0 Å². The third-order valence-corrected chi connectivity index (χ3v) is 12.4. The van der Waals surface area contributed by atoms with E-state index in [4.69, 9.17) is 0 Å². The molecule has 2 aromatic rings. The van der Waals surface area contributed by atoms with Gasteiger partial charge in [0.05, 0.1) is 0 Å². The van der Waals surface area contributed by atoms with Crippen molar-refractivity contribution in [3.05, 3.63) is 58.7 Å². The third-order valence-electron chi connectivity index (χ3n) is 12.4. The number of carbonyl (C=O) groups excluding carboxylic acids is 2.